The van der Waals surface area contributed by atoms with Crippen LogP contribution in [0.5, 0.6) is 0 Å². The highest BCUT2D eigenvalue weighted by molar-refractivity contribution is 5.96. The summed E-state index contributed by atoms with van der Waals surface area (Å²) in [5, 5.41) is 2.82. The molecule has 0 aliphatic heterocycles. The molecule has 1 rings (SSSR count). The molecule has 1 atom stereocenters. The lowest BCUT2D eigenvalue weighted by Gasteiger charge is -2.19. The minimum Gasteiger partial charge on any atom is -0.339 e. The van der Waals surface area contributed by atoms with Crippen LogP contribution in [-0.2, 0) is 4.79 Å². The van der Waals surface area contributed by atoms with Crippen molar-refractivity contribution in [3.63, 3.8) is 0 Å². The van der Waals surface area contributed by atoms with Crippen molar-refractivity contribution in [3.8, 4) is 0 Å². The standard InChI is InChI=1S/C16H25N3O2/c1-4-12(11-17)15(20)18-14-9-7-13(8-10-14)16(21)19(5-2)6-3/h7-10,12H,4-6,11,17H2,1-3H3,(H,18,20). The number of hydrogen-bond acceptors (Lipinski definition) is 3. The first kappa shape index (κ1) is 17.2. The summed E-state index contributed by atoms with van der Waals surface area (Å²) in [6.07, 6.45) is 0.709. The number of nitrogens with zero attached hydrogens (tertiary/aromatic N) is 1. The molecule has 3 N–H and O–H groups in total. The van der Waals surface area contributed by atoms with Gasteiger partial charge < -0.3 is 16.0 Å². The largest absolute Gasteiger partial charge is 0.339 e. The molecular weight excluding hydrogens is 266 g/mol. The summed E-state index contributed by atoms with van der Waals surface area (Å²) in [5.74, 6) is -0.254. The first-order valence-corrected chi connectivity index (χ1v) is 7.47. The Morgan fingerprint density at radius 3 is 2.14 bits per heavy atom. The summed E-state index contributed by atoms with van der Waals surface area (Å²) in [4.78, 5) is 25.9. The molecule has 5 nitrogen and oxygen atoms in total. The zero-order valence-corrected chi connectivity index (χ0v) is 13.1. The minimum absolute atomic E-state index is 0.00581. The monoisotopic (exact) mass is 291 g/mol. The van der Waals surface area contributed by atoms with Crippen molar-refractivity contribution in [2.75, 3.05) is 25.0 Å². The van der Waals surface area contributed by atoms with E-state index in [-0.39, 0.29) is 17.7 Å². The molecule has 0 heterocycles. The lowest BCUT2D eigenvalue weighted by molar-refractivity contribution is -0.119. The van der Waals surface area contributed by atoms with E-state index < -0.39 is 0 Å². The molecule has 0 saturated carbocycles. The number of benzene rings is 1. The van der Waals surface area contributed by atoms with Crippen LogP contribution < -0.4 is 11.1 Å². The van der Waals surface area contributed by atoms with Gasteiger partial charge in [-0.3, -0.25) is 9.59 Å². The third-order valence-corrected chi connectivity index (χ3v) is 3.60. The minimum atomic E-state index is -0.179. The smallest absolute Gasteiger partial charge is 0.253 e. The average Bonchev–Trinajstić information content (AvgIpc) is 2.50. The van der Waals surface area contributed by atoms with Crippen LogP contribution in [0.4, 0.5) is 5.69 Å². The highest BCUT2D eigenvalue weighted by Gasteiger charge is 2.15. The Morgan fingerprint density at radius 2 is 1.71 bits per heavy atom. The van der Waals surface area contributed by atoms with Crippen molar-refractivity contribution in [1.82, 2.24) is 4.90 Å². The van der Waals surface area contributed by atoms with E-state index in [1.165, 1.54) is 0 Å². The predicted octanol–water partition coefficient (Wildman–Crippen LogP) is 2.09. The maximum absolute atomic E-state index is 12.2. The fourth-order valence-electron chi connectivity index (χ4n) is 2.09. The van der Waals surface area contributed by atoms with Crippen molar-refractivity contribution < 1.29 is 9.59 Å². The number of carbonyl (C=O) groups excluding carboxylic acids is 2. The maximum Gasteiger partial charge on any atom is 0.253 e. The zero-order chi connectivity index (χ0) is 15.8. The van der Waals surface area contributed by atoms with Crippen LogP contribution in [0.2, 0.25) is 0 Å². The van der Waals surface area contributed by atoms with Gasteiger partial charge in [0.25, 0.3) is 5.91 Å². The third-order valence-electron chi connectivity index (χ3n) is 3.60. The summed E-state index contributed by atoms with van der Waals surface area (Å²) >= 11 is 0. The van der Waals surface area contributed by atoms with Gasteiger partial charge >= 0.3 is 0 Å². The molecule has 5 heteroatoms. The molecule has 0 radical (unpaired) electrons. The lowest BCUT2D eigenvalue weighted by Crippen LogP contribution is -2.30. The van der Waals surface area contributed by atoms with Crippen LogP contribution in [-0.4, -0.2) is 36.3 Å². The number of nitrogens with two attached hydrogens (primary N) is 1. The van der Waals surface area contributed by atoms with Gasteiger partial charge in [0.05, 0.1) is 5.92 Å². The van der Waals surface area contributed by atoms with Gasteiger partial charge in [0, 0.05) is 30.9 Å². The molecular formula is C16H25N3O2. The molecule has 1 aromatic rings. The van der Waals surface area contributed by atoms with Gasteiger partial charge in [0.1, 0.15) is 0 Å². The summed E-state index contributed by atoms with van der Waals surface area (Å²) in [6, 6.07) is 6.97. The predicted molar refractivity (Wildman–Crippen MR) is 85.2 cm³/mol. The molecule has 116 valence electrons. The summed E-state index contributed by atoms with van der Waals surface area (Å²) < 4.78 is 0. The fourth-order valence-corrected chi connectivity index (χ4v) is 2.09. The molecule has 21 heavy (non-hydrogen) atoms. The highest BCUT2D eigenvalue weighted by atomic mass is 16.2. The Hall–Kier alpha value is -1.88. The Morgan fingerprint density at radius 1 is 1.14 bits per heavy atom. The Bertz CT molecular complexity index is 463. The summed E-state index contributed by atoms with van der Waals surface area (Å²) in [7, 11) is 0. The second-order valence-electron chi connectivity index (χ2n) is 4.88. The number of amides is 2. The molecule has 1 unspecified atom stereocenters. The van der Waals surface area contributed by atoms with Crippen LogP contribution in [0, 0.1) is 5.92 Å². The second kappa shape index (κ2) is 8.42. The fraction of sp³-hybridized carbons (Fsp3) is 0.500. The first-order chi connectivity index (χ1) is 10.1. The van der Waals surface area contributed by atoms with Crippen LogP contribution in [0.1, 0.15) is 37.6 Å². The topological polar surface area (TPSA) is 75.4 Å². The quantitative estimate of drug-likeness (QED) is 0.807. The van der Waals surface area contributed by atoms with E-state index in [1.54, 1.807) is 29.2 Å². The molecule has 0 aliphatic carbocycles. The highest BCUT2D eigenvalue weighted by Crippen LogP contribution is 2.13. The van der Waals surface area contributed by atoms with Crippen molar-refractivity contribution >= 4 is 17.5 Å². The number of hydrogen-bond donors (Lipinski definition) is 2. The first-order valence-electron chi connectivity index (χ1n) is 7.47. The van der Waals surface area contributed by atoms with E-state index in [2.05, 4.69) is 5.32 Å². The van der Waals surface area contributed by atoms with Gasteiger partial charge in [-0.25, -0.2) is 0 Å². The van der Waals surface area contributed by atoms with Crippen molar-refractivity contribution in [3.05, 3.63) is 29.8 Å². The van der Waals surface area contributed by atoms with E-state index >= 15 is 0 Å². The maximum atomic E-state index is 12.2. The molecule has 0 saturated heterocycles. The lowest BCUT2D eigenvalue weighted by atomic mass is 10.1. The molecule has 0 bridgehead atoms. The Labute approximate surface area is 126 Å². The second-order valence-corrected chi connectivity index (χ2v) is 4.88. The van der Waals surface area contributed by atoms with Crippen LogP contribution in [0.15, 0.2) is 24.3 Å². The summed E-state index contributed by atoms with van der Waals surface area (Å²) in [5.41, 5.74) is 6.87. The SMILES string of the molecule is CCC(CN)C(=O)Nc1ccc(C(=O)N(CC)CC)cc1. The average molecular weight is 291 g/mol. The van der Waals surface area contributed by atoms with E-state index in [0.717, 1.165) is 0 Å². The van der Waals surface area contributed by atoms with E-state index in [9.17, 15) is 9.59 Å². The molecule has 0 aromatic heterocycles. The van der Waals surface area contributed by atoms with Gasteiger partial charge in [-0.2, -0.15) is 0 Å². The van der Waals surface area contributed by atoms with Crippen molar-refractivity contribution in [1.29, 1.82) is 0 Å². The molecule has 0 fully saturated rings. The van der Waals surface area contributed by atoms with E-state index in [0.29, 0.717) is 37.3 Å². The molecule has 1 aromatic carbocycles. The van der Waals surface area contributed by atoms with Crippen molar-refractivity contribution in [2.24, 2.45) is 11.7 Å². The van der Waals surface area contributed by atoms with Gasteiger partial charge in [-0.1, -0.05) is 6.92 Å². The van der Waals surface area contributed by atoms with Crippen LogP contribution in [0.25, 0.3) is 0 Å². The van der Waals surface area contributed by atoms with Crippen LogP contribution in [0.3, 0.4) is 0 Å². The summed E-state index contributed by atoms with van der Waals surface area (Å²) in [6.45, 7) is 7.54. The molecule has 0 aliphatic rings. The number of anilines is 1. The Balaban J connectivity index is 2.74. The molecule has 0 spiro atoms. The number of carbonyl (C=O) groups is 2. The van der Waals surface area contributed by atoms with Gasteiger partial charge in [-0.05, 0) is 44.5 Å². The normalized spacial score (nSPS) is 11.8. The Kier molecular flexibility index (Phi) is 6.88. The van der Waals surface area contributed by atoms with E-state index in [4.69, 9.17) is 5.73 Å². The van der Waals surface area contributed by atoms with E-state index in [1.807, 2.05) is 20.8 Å². The molecule has 2 amide bonds. The van der Waals surface area contributed by atoms with Crippen molar-refractivity contribution in [2.45, 2.75) is 27.2 Å². The van der Waals surface area contributed by atoms with Gasteiger partial charge in [0.15, 0.2) is 0 Å². The third kappa shape index (κ3) is 4.56. The van der Waals surface area contributed by atoms with Gasteiger partial charge in [0.2, 0.25) is 5.91 Å². The number of rotatable bonds is 7. The zero-order valence-electron chi connectivity index (χ0n) is 13.1. The van der Waals surface area contributed by atoms with Gasteiger partial charge in [-0.15, -0.1) is 0 Å². The number of nitrogens with one attached hydrogen (secondary N) is 1. The van der Waals surface area contributed by atoms with Crippen LogP contribution >= 0.6 is 0 Å².